The maximum absolute atomic E-state index is 12.3. The third kappa shape index (κ3) is 4.27. The van der Waals surface area contributed by atoms with E-state index in [4.69, 9.17) is 48.9 Å². The van der Waals surface area contributed by atoms with Crippen LogP contribution in [0.15, 0.2) is 34.3 Å². The van der Waals surface area contributed by atoms with Crippen LogP contribution in [-0.2, 0) is 17.6 Å². The molecule has 1 fully saturated rings. The molecule has 0 N–H and O–H groups in total. The van der Waals surface area contributed by atoms with Gasteiger partial charge in [0, 0.05) is 32.0 Å². The molecule has 2 aliphatic rings. The van der Waals surface area contributed by atoms with Crippen LogP contribution in [0.5, 0.6) is 0 Å². The number of likely N-dealkylation sites (tertiary alicyclic amines) is 1. The highest BCUT2D eigenvalue weighted by atomic mass is 35.5. The van der Waals surface area contributed by atoms with Crippen molar-refractivity contribution in [2.75, 3.05) is 19.0 Å². The van der Waals surface area contributed by atoms with Crippen molar-refractivity contribution in [2.45, 2.75) is 37.1 Å². The van der Waals surface area contributed by atoms with Gasteiger partial charge in [-0.1, -0.05) is 53.0 Å². The molecule has 154 valence electrons. The van der Waals surface area contributed by atoms with Gasteiger partial charge < -0.3 is 14.1 Å². The van der Waals surface area contributed by atoms with Crippen molar-refractivity contribution in [1.29, 1.82) is 0 Å². The number of rotatable bonds is 2. The number of carbonyl (C=O) groups excluding carboxylic acids is 1. The molecule has 29 heavy (non-hydrogen) atoms. The third-order valence-electron chi connectivity index (χ3n) is 5.32. The molecule has 2 heterocycles. The van der Waals surface area contributed by atoms with E-state index >= 15 is 0 Å². The number of aromatic nitrogens is 1. The Morgan fingerprint density at radius 3 is 2.66 bits per heavy atom. The van der Waals surface area contributed by atoms with E-state index in [1.165, 1.54) is 16.7 Å². The lowest BCUT2D eigenvalue weighted by atomic mass is 9.89. The normalized spacial score (nSPS) is 16.9. The van der Waals surface area contributed by atoms with Crippen LogP contribution in [0, 0.1) is 6.92 Å². The van der Waals surface area contributed by atoms with Gasteiger partial charge in [0.05, 0.1) is 5.88 Å². The zero-order valence-corrected chi connectivity index (χ0v) is 18.3. The summed E-state index contributed by atoms with van der Waals surface area (Å²) in [6, 6.07) is 8.42. The quantitative estimate of drug-likeness (QED) is 0.562. The van der Waals surface area contributed by atoms with E-state index in [2.05, 4.69) is 24.3 Å². The van der Waals surface area contributed by atoms with E-state index in [0.717, 1.165) is 29.9 Å². The molecule has 1 aromatic carbocycles. The minimum Gasteiger partial charge on any atom is -0.445 e. The lowest BCUT2D eigenvalue weighted by molar-refractivity contribution is 0.0814. The van der Waals surface area contributed by atoms with E-state index in [1.807, 2.05) is 6.92 Å². The smallest absolute Gasteiger partial charge is 0.412 e. The summed E-state index contributed by atoms with van der Waals surface area (Å²) in [4.78, 5) is 18.6. The van der Waals surface area contributed by atoms with E-state index < -0.39 is 10.6 Å². The maximum atomic E-state index is 12.3. The van der Waals surface area contributed by atoms with Crippen molar-refractivity contribution < 1.29 is 13.9 Å². The zero-order valence-electron chi connectivity index (χ0n) is 16.0. The van der Waals surface area contributed by atoms with Crippen LogP contribution in [-0.4, -0.2) is 39.5 Å². The third-order valence-corrected chi connectivity index (χ3v) is 6.39. The number of ether oxygens (including phenoxy) is 1. The highest BCUT2D eigenvalue weighted by Gasteiger charge is 2.33. The molecular formula is C21H21Cl3N2O3. The maximum Gasteiger partial charge on any atom is 0.412 e. The van der Waals surface area contributed by atoms with Crippen LogP contribution in [0.3, 0.4) is 0 Å². The molecule has 8 heteroatoms. The molecule has 0 unspecified atom stereocenters. The molecule has 5 nitrogen and oxygen atoms in total. The molecule has 1 aliphatic carbocycles. The predicted molar refractivity (Wildman–Crippen MR) is 114 cm³/mol. The van der Waals surface area contributed by atoms with Crippen molar-refractivity contribution in [3.63, 3.8) is 0 Å². The summed E-state index contributed by atoms with van der Waals surface area (Å²) in [5, 5.41) is 0. The Morgan fingerprint density at radius 2 is 1.93 bits per heavy atom. The Morgan fingerprint density at radius 1 is 1.21 bits per heavy atom. The number of benzene rings is 1. The van der Waals surface area contributed by atoms with Gasteiger partial charge in [-0.25, -0.2) is 9.78 Å². The molecule has 1 amide bonds. The fourth-order valence-corrected chi connectivity index (χ4v) is 4.17. The Hall–Kier alpha value is -1.69. The van der Waals surface area contributed by atoms with Crippen LogP contribution < -0.4 is 0 Å². The van der Waals surface area contributed by atoms with Gasteiger partial charge in [-0.3, -0.25) is 0 Å². The molecule has 1 saturated heterocycles. The van der Waals surface area contributed by atoms with Gasteiger partial charge in [0.25, 0.3) is 4.52 Å². The van der Waals surface area contributed by atoms with Crippen LogP contribution in [0.25, 0.3) is 5.57 Å². The Balaban J connectivity index is 1.64. The Kier molecular flexibility index (Phi) is 5.83. The fraction of sp³-hybridized carbons (Fsp3) is 0.429. The number of fused-ring (bicyclic) bond motifs is 2. The number of hydrogen-bond acceptors (Lipinski definition) is 4. The van der Waals surface area contributed by atoms with E-state index in [0.29, 0.717) is 31.8 Å². The molecule has 2 aromatic rings. The number of carbonyl (C=O) groups is 1. The number of hydrogen-bond donors (Lipinski definition) is 0. The van der Waals surface area contributed by atoms with Gasteiger partial charge >= 0.3 is 6.09 Å². The first-order valence-electron chi connectivity index (χ1n) is 9.56. The van der Waals surface area contributed by atoms with Crippen LogP contribution in [0.4, 0.5) is 4.79 Å². The molecule has 4 rings (SSSR count). The molecule has 1 aromatic heterocycles. The first-order valence-corrected chi connectivity index (χ1v) is 10.9. The topological polar surface area (TPSA) is 55.6 Å². The average Bonchev–Trinajstić information content (AvgIpc) is 3.00. The predicted octanol–water partition coefficient (Wildman–Crippen LogP) is 5.49. The van der Waals surface area contributed by atoms with Crippen molar-refractivity contribution in [3.8, 4) is 0 Å². The number of amides is 1. The standard InChI is InChI=1S/C21H21Cl3N2O3/c1-13-25-19-17(28-13)7-6-14-4-2-3-5-16(14)18(19)15-8-10-26(11-9-15)20(27)29-21(23,24)12-22/h2-5H,6-12H2,1H3. The second-order valence-corrected chi connectivity index (χ2v) is 8.95. The summed E-state index contributed by atoms with van der Waals surface area (Å²) in [7, 11) is 0. The van der Waals surface area contributed by atoms with Crippen LogP contribution in [0.1, 0.15) is 41.3 Å². The number of oxazole rings is 1. The fourth-order valence-electron chi connectivity index (χ4n) is 3.98. The molecule has 0 atom stereocenters. The molecule has 1 aliphatic heterocycles. The molecule has 0 saturated carbocycles. The van der Waals surface area contributed by atoms with E-state index in [-0.39, 0.29) is 5.88 Å². The van der Waals surface area contributed by atoms with Crippen molar-refractivity contribution in [3.05, 3.63) is 58.3 Å². The summed E-state index contributed by atoms with van der Waals surface area (Å²) < 4.78 is 9.26. The summed E-state index contributed by atoms with van der Waals surface area (Å²) >= 11 is 17.3. The second kappa shape index (κ2) is 8.21. The van der Waals surface area contributed by atoms with Gasteiger partial charge in [-0.15, -0.1) is 11.6 Å². The van der Waals surface area contributed by atoms with Gasteiger partial charge in [-0.2, -0.15) is 0 Å². The Labute approximate surface area is 184 Å². The number of nitrogens with zero attached hydrogens (tertiary/aromatic N) is 2. The molecule has 0 bridgehead atoms. The second-order valence-electron chi connectivity index (χ2n) is 7.27. The first-order chi connectivity index (χ1) is 13.9. The van der Waals surface area contributed by atoms with E-state index in [9.17, 15) is 4.79 Å². The number of halogens is 3. The number of alkyl halides is 3. The minimum absolute atomic E-state index is 0.198. The summed E-state index contributed by atoms with van der Waals surface area (Å²) in [5.74, 6) is 1.41. The van der Waals surface area contributed by atoms with E-state index in [1.54, 1.807) is 4.90 Å². The summed E-state index contributed by atoms with van der Waals surface area (Å²) in [6.07, 6.45) is 2.61. The van der Waals surface area contributed by atoms with Crippen molar-refractivity contribution in [2.24, 2.45) is 0 Å². The molecule has 0 spiro atoms. The molecule has 0 radical (unpaired) electrons. The lowest BCUT2D eigenvalue weighted by Crippen LogP contribution is -2.40. The zero-order chi connectivity index (χ0) is 20.6. The number of piperidine rings is 1. The summed E-state index contributed by atoms with van der Waals surface area (Å²) in [5.41, 5.74) is 5.83. The molecular weight excluding hydrogens is 435 g/mol. The Bertz CT molecular complexity index is 958. The van der Waals surface area contributed by atoms with Gasteiger partial charge in [0.15, 0.2) is 5.89 Å². The lowest BCUT2D eigenvalue weighted by Gasteiger charge is -2.31. The number of aryl methyl sites for hydroxylation is 3. The van der Waals surface area contributed by atoms with Crippen molar-refractivity contribution in [1.82, 2.24) is 9.88 Å². The minimum atomic E-state index is -1.72. The largest absolute Gasteiger partial charge is 0.445 e. The SMILES string of the molecule is Cc1nc2c(o1)CCc1ccccc1C2=C1CCN(C(=O)OC(Cl)(Cl)CCl)CC1. The van der Waals surface area contributed by atoms with Gasteiger partial charge in [0.1, 0.15) is 11.5 Å². The highest BCUT2D eigenvalue weighted by Crippen LogP contribution is 2.38. The van der Waals surface area contributed by atoms with Crippen LogP contribution in [0.2, 0.25) is 0 Å². The van der Waals surface area contributed by atoms with Crippen molar-refractivity contribution >= 4 is 46.5 Å². The first kappa shape index (κ1) is 20.6. The highest BCUT2D eigenvalue weighted by molar-refractivity contribution is 6.50. The monoisotopic (exact) mass is 454 g/mol. The van der Waals surface area contributed by atoms with Gasteiger partial charge in [0.2, 0.25) is 0 Å². The summed E-state index contributed by atoms with van der Waals surface area (Å²) in [6.45, 7) is 2.90. The van der Waals surface area contributed by atoms with Crippen LogP contribution >= 0.6 is 34.8 Å². The average molecular weight is 456 g/mol. The van der Waals surface area contributed by atoms with Gasteiger partial charge in [-0.05, 0) is 30.4 Å².